The zero-order chi connectivity index (χ0) is 18.9. The Balaban J connectivity index is 1.88. The first-order chi connectivity index (χ1) is 12.4. The minimum absolute atomic E-state index is 0.115. The molecule has 0 aromatic heterocycles. The zero-order valence-corrected chi connectivity index (χ0v) is 16.7. The number of carbonyl (C=O) groups excluding carboxylic acids is 2. The summed E-state index contributed by atoms with van der Waals surface area (Å²) < 4.78 is 0.978. The SMILES string of the molecule is CN(C)CCCNC(=O)c1cccc(NC(=O)Cc2ccc(Br)cc2)c1. The van der Waals surface area contributed by atoms with Crippen LogP contribution >= 0.6 is 15.9 Å². The van der Waals surface area contributed by atoms with Crippen molar-refractivity contribution >= 4 is 33.4 Å². The quantitative estimate of drug-likeness (QED) is 0.647. The predicted octanol–water partition coefficient (Wildman–Crippen LogP) is 3.31. The molecule has 0 bridgehead atoms. The van der Waals surface area contributed by atoms with Gasteiger partial charge in [-0.25, -0.2) is 0 Å². The Morgan fingerprint density at radius 2 is 1.81 bits per heavy atom. The molecule has 0 aliphatic rings. The Labute approximate surface area is 162 Å². The van der Waals surface area contributed by atoms with E-state index in [9.17, 15) is 9.59 Å². The zero-order valence-electron chi connectivity index (χ0n) is 15.1. The third kappa shape index (κ3) is 6.98. The Kier molecular flexibility index (Phi) is 7.81. The van der Waals surface area contributed by atoms with Crippen molar-refractivity contribution in [1.29, 1.82) is 0 Å². The molecule has 5 nitrogen and oxygen atoms in total. The topological polar surface area (TPSA) is 61.4 Å². The number of halogens is 1. The highest BCUT2D eigenvalue weighted by Crippen LogP contribution is 2.13. The van der Waals surface area contributed by atoms with E-state index >= 15 is 0 Å². The number of hydrogen-bond acceptors (Lipinski definition) is 3. The van der Waals surface area contributed by atoms with Crippen molar-refractivity contribution in [3.63, 3.8) is 0 Å². The van der Waals surface area contributed by atoms with Crippen LogP contribution in [0.4, 0.5) is 5.69 Å². The van der Waals surface area contributed by atoms with Gasteiger partial charge in [-0.2, -0.15) is 0 Å². The maximum absolute atomic E-state index is 12.2. The van der Waals surface area contributed by atoms with Crippen LogP contribution in [0, 0.1) is 0 Å². The van der Waals surface area contributed by atoms with Gasteiger partial charge in [-0.05, 0) is 63.0 Å². The Bertz CT molecular complexity index is 745. The molecule has 0 aliphatic carbocycles. The Morgan fingerprint density at radius 3 is 2.50 bits per heavy atom. The maximum atomic E-state index is 12.2. The molecule has 2 rings (SSSR count). The van der Waals surface area contributed by atoms with E-state index in [-0.39, 0.29) is 18.2 Å². The van der Waals surface area contributed by atoms with Gasteiger partial charge in [0.15, 0.2) is 0 Å². The molecule has 0 atom stereocenters. The van der Waals surface area contributed by atoms with E-state index in [0.717, 1.165) is 23.0 Å². The molecule has 26 heavy (non-hydrogen) atoms. The predicted molar refractivity (Wildman–Crippen MR) is 108 cm³/mol. The van der Waals surface area contributed by atoms with Gasteiger partial charge in [0.1, 0.15) is 0 Å². The lowest BCUT2D eigenvalue weighted by Gasteiger charge is -2.11. The summed E-state index contributed by atoms with van der Waals surface area (Å²) in [5, 5.41) is 5.74. The number of carbonyl (C=O) groups is 2. The summed E-state index contributed by atoms with van der Waals surface area (Å²) in [7, 11) is 4.00. The number of hydrogen-bond donors (Lipinski definition) is 2. The fourth-order valence-corrected chi connectivity index (χ4v) is 2.69. The monoisotopic (exact) mass is 417 g/mol. The summed E-state index contributed by atoms with van der Waals surface area (Å²) in [6.07, 6.45) is 1.18. The van der Waals surface area contributed by atoms with Gasteiger partial charge in [0, 0.05) is 22.3 Å². The van der Waals surface area contributed by atoms with E-state index in [4.69, 9.17) is 0 Å². The van der Waals surface area contributed by atoms with Crippen LogP contribution < -0.4 is 10.6 Å². The summed E-state index contributed by atoms with van der Waals surface area (Å²) in [4.78, 5) is 26.5. The van der Waals surface area contributed by atoms with Crippen LogP contribution in [0.3, 0.4) is 0 Å². The van der Waals surface area contributed by atoms with Gasteiger partial charge in [0.25, 0.3) is 5.91 Å². The van der Waals surface area contributed by atoms with Crippen LogP contribution in [0.15, 0.2) is 53.0 Å². The van der Waals surface area contributed by atoms with Gasteiger partial charge < -0.3 is 15.5 Å². The minimum Gasteiger partial charge on any atom is -0.352 e. The molecular formula is C20H24BrN3O2. The average molecular weight is 418 g/mol. The molecule has 2 N–H and O–H groups in total. The van der Waals surface area contributed by atoms with Gasteiger partial charge in [0.2, 0.25) is 5.91 Å². The lowest BCUT2D eigenvalue weighted by molar-refractivity contribution is -0.115. The van der Waals surface area contributed by atoms with Crippen LogP contribution in [-0.2, 0) is 11.2 Å². The maximum Gasteiger partial charge on any atom is 0.251 e. The summed E-state index contributed by atoms with van der Waals surface area (Å²) in [6, 6.07) is 14.6. The van der Waals surface area contributed by atoms with Crippen molar-refractivity contribution < 1.29 is 9.59 Å². The summed E-state index contributed by atoms with van der Waals surface area (Å²) in [6.45, 7) is 1.55. The molecule has 2 amide bonds. The highest BCUT2D eigenvalue weighted by Gasteiger charge is 2.08. The van der Waals surface area contributed by atoms with Crippen LogP contribution in [0.2, 0.25) is 0 Å². The van der Waals surface area contributed by atoms with Gasteiger partial charge >= 0.3 is 0 Å². The van der Waals surface area contributed by atoms with E-state index in [0.29, 0.717) is 17.8 Å². The second-order valence-electron chi connectivity index (χ2n) is 6.34. The van der Waals surface area contributed by atoms with Gasteiger partial charge in [-0.1, -0.05) is 34.1 Å². The van der Waals surface area contributed by atoms with E-state index in [1.165, 1.54) is 0 Å². The molecule has 0 radical (unpaired) electrons. The molecule has 0 saturated heterocycles. The summed E-state index contributed by atoms with van der Waals surface area (Å²) in [5.74, 6) is -0.247. The molecule has 6 heteroatoms. The number of amides is 2. The second-order valence-corrected chi connectivity index (χ2v) is 7.26. The third-order valence-corrected chi connectivity index (χ3v) is 4.28. The number of anilines is 1. The standard InChI is InChI=1S/C20H24BrN3O2/c1-24(2)12-4-11-22-20(26)16-5-3-6-18(14-16)23-19(25)13-15-7-9-17(21)10-8-15/h3,5-10,14H,4,11-13H2,1-2H3,(H,22,26)(H,23,25). The van der Waals surface area contributed by atoms with Crippen molar-refractivity contribution in [2.24, 2.45) is 0 Å². The van der Waals surface area contributed by atoms with Crippen molar-refractivity contribution in [2.75, 3.05) is 32.5 Å². The van der Waals surface area contributed by atoms with Gasteiger partial charge in [0.05, 0.1) is 6.42 Å². The van der Waals surface area contributed by atoms with Crippen molar-refractivity contribution in [3.8, 4) is 0 Å². The molecule has 138 valence electrons. The van der Waals surface area contributed by atoms with Crippen LogP contribution in [-0.4, -0.2) is 43.9 Å². The van der Waals surface area contributed by atoms with Crippen molar-refractivity contribution in [2.45, 2.75) is 12.8 Å². The largest absolute Gasteiger partial charge is 0.352 e. The molecule has 0 spiro atoms. The first-order valence-corrected chi connectivity index (χ1v) is 9.30. The lowest BCUT2D eigenvalue weighted by atomic mass is 10.1. The number of rotatable bonds is 8. The van der Waals surface area contributed by atoms with E-state index in [1.54, 1.807) is 24.3 Å². The van der Waals surface area contributed by atoms with Crippen molar-refractivity contribution in [3.05, 3.63) is 64.1 Å². The van der Waals surface area contributed by atoms with E-state index in [2.05, 4.69) is 31.5 Å². The average Bonchev–Trinajstić information content (AvgIpc) is 2.60. The molecule has 0 saturated carbocycles. The smallest absolute Gasteiger partial charge is 0.251 e. The first-order valence-electron chi connectivity index (χ1n) is 8.51. The number of nitrogens with one attached hydrogen (secondary N) is 2. The Morgan fingerprint density at radius 1 is 1.08 bits per heavy atom. The number of nitrogens with zero attached hydrogens (tertiary/aromatic N) is 1. The lowest BCUT2D eigenvalue weighted by Crippen LogP contribution is -2.27. The van der Waals surface area contributed by atoms with E-state index in [1.807, 2.05) is 38.4 Å². The molecule has 0 fully saturated rings. The first kappa shape index (κ1) is 20.1. The normalized spacial score (nSPS) is 10.6. The second kappa shape index (κ2) is 10.1. The van der Waals surface area contributed by atoms with Gasteiger partial charge in [-0.15, -0.1) is 0 Å². The van der Waals surface area contributed by atoms with E-state index < -0.39 is 0 Å². The van der Waals surface area contributed by atoms with Gasteiger partial charge in [-0.3, -0.25) is 9.59 Å². The fourth-order valence-electron chi connectivity index (χ4n) is 2.43. The molecule has 2 aromatic carbocycles. The highest BCUT2D eigenvalue weighted by molar-refractivity contribution is 9.10. The third-order valence-electron chi connectivity index (χ3n) is 3.75. The molecule has 0 heterocycles. The van der Waals surface area contributed by atoms with Crippen LogP contribution in [0.5, 0.6) is 0 Å². The fraction of sp³-hybridized carbons (Fsp3) is 0.300. The summed E-state index contributed by atoms with van der Waals surface area (Å²) >= 11 is 3.38. The molecular weight excluding hydrogens is 394 g/mol. The molecule has 0 unspecified atom stereocenters. The van der Waals surface area contributed by atoms with Crippen LogP contribution in [0.25, 0.3) is 0 Å². The highest BCUT2D eigenvalue weighted by atomic mass is 79.9. The molecule has 0 aliphatic heterocycles. The van der Waals surface area contributed by atoms with Crippen LogP contribution in [0.1, 0.15) is 22.3 Å². The Hall–Kier alpha value is -2.18. The molecule has 2 aromatic rings. The van der Waals surface area contributed by atoms with Crippen molar-refractivity contribution in [1.82, 2.24) is 10.2 Å². The minimum atomic E-state index is -0.132. The summed E-state index contributed by atoms with van der Waals surface area (Å²) in [5.41, 5.74) is 2.09. The number of benzene rings is 2.